The Labute approximate surface area is 105 Å². The number of aliphatic hydroxyl groups excluding tert-OH is 1. The number of fused-ring (bicyclic) bond motifs is 1. The number of hydrogen-bond donors (Lipinski definition) is 2. The zero-order valence-electron chi connectivity index (χ0n) is 9.91. The third-order valence-electron chi connectivity index (χ3n) is 3.12. The Hall–Kier alpha value is -1.72. The van der Waals surface area contributed by atoms with Crippen LogP contribution in [0.15, 0.2) is 30.5 Å². The van der Waals surface area contributed by atoms with Crippen LogP contribution in [-0.4, -0.2) is 40.4 Å². The number of nitrogens with one attached hydrogen (secondary N) is 1. The Kier molecular flexibility index (Phi) is 3.08. The highest BCUT2D eigenvalue weighted by Crippen LogP contribution is 2.17. The molecule has 0 aliphatic carbocycles. The minimum absolute atomic E-state index is 0.0533. The van der Waals surface area contributed by atoms with Crippen molar-refractivity contribution in [3.05, 3.63) is 30.5 Å². The van der Waals surface area contributed by atoms with Crippen LogP contribution < -0.4 is 10.1 Å². The molecule has 2 aromatic rings. The third-order valence-corrected chi connectivity index (χ3v) is 3.12. The lowest BCUT2D eigenvalue weighted by Crippen LogP contribution is -2.25. The average Bonchev–Trinajstić information content (AvgIpc) is 2.86. The van der Waals surface area contributed by atoms with E-state index < -0.39 is 0 Å². The molecule has 1 aliphatic rings. The quantitative estimate of drug-likeness (QED) is 0.834. The van der Waals surface area contributed by atoms with Crippen molar-refractivity contribution < 1.29 is 9.84 Å². The van der Waals surface area contributed by atoms with Crippen molar-refractivity contribution in [1.82, 2.24) is 15.3 Å². The van der Waals surface area contributed by atoms with Gasteiger partial charge in [-0.15, -0.1) is 0 Å². The molecule has 2 heterocycles. The van der Waals surface area contributed by atoms with Gasteiger partial charge in [0.2, 0.25) is 5.88 Å². The smallest absolute Gasteiger partial charge is 0.233 e. The largest absolute Gasteiger partial charge is 0.472 e. The molecule has 94 valence electrons. The van der Waals surface area contributed by atoms with E-state index in [0.29, 0.717) is 5.88 Å². The number of aromatic nitrogens is 2. The van der Waals surface area contributed by atoms with E-state index in [9.17, 15) is 0 Å². The molecule has 1 fully saturated rings. The summed E-state index contributed by atoms with van der Waals surface area (Å²) in [6, 6.07) is 7.83. The van der Waals surface area contributed by atoms with Gasteiger partial charge in [-0.05, 0) is 12.1 Å². The molecule has 0 amide bonds. The Bertz CT molecular complexity index is 547. The van der Waals surface area contributed by atoms with E-state index in [1.54, 1.807) is 6.20 Å². The molecule has 1 aromatic carbocycles. The maximum absolute atomic E-state index is 9.05. The highest BCUT2D eigenvalue weighted by atomic mass is 16.5. The van der Waals surface area contributed by atoms with E-state index in [2.05, 4.69) is 15.3 Å². The molecular weight excluding hydrogens is 230 g/mol. The molecule has 2 unspecified atom stereocenters. The molecule has 1 saturated heterocycles. The van der Waals surface area contributed by atoms with E-state index in [1.165, 1.54) is 0 Å². The van der Waals surface area contributed by atoms with Crippen LogP contribution in [0.4, 0.5) is 0 Å². The number of aliphatic hydroxyl groups is 1. The van der Waals surface area contributed by atoms with Gasteiger partial charge in [-0.1, -0.05) is 12.1 Å². The van der Waals surface area contributed by atoms with Gasteiger partial charge in [0.05, 0.1) is 23.8 Å². The predicted molar refractivity (Wildman–Crippen MR) is 67.4 cm³/mol. The first-order valence-electron chi connectivity index (χ1n) is 6.08. The van der Waals surface area contributed by atoms with Crippen molar-refractivity contribution in [2.45, 2.75) is 18.6 Å². The van der Waals surface area contributed by atoms with Crippen LogP contribution in [-0.2, 0) is 0 Å². The maximum atomic E-state index is 9.05. The highest BCUT2D eigenvalue weighted by Gasteiger charge is 2.25. The molecule has 0 bridgehead atoms. The zero-order chi connectivity index (χ0) is 12.4. The lowest BCUT2D eigenvalue weighted by molar-refractivity contribution is 0.199. The van der Waals surface area contributed by atoms with Gasteiger partial charge in [0.1, 0.15) is 6.10 Å². The number of nitrogens with zero attached hydrogens (tertiary/aromatic N) is 2. The summed E-state index contributed by atoms with van der Waals surface area (Å²) in [5.41, 5.74) is 1.70. The molecule has 0 saturated carbocycles. The fourth-order valence-electron chi connectivity index (χ4n) is 2.18. The second-order valence-electron chi connectivity index (χ2n) is 4.46. The Morgan fingerprint density at radius 2 is 2.17 bits per heavy atom. The van der Waals surface area contributed by atoms with Crippen molar-refractivity contribution in [3.63, 3.8) is 0 Å². The van der Waals surface area contributed by atoms with Gasteiger partial charge in [-0.2, -0.15) is 0 Å². The lowest BCUT2D eigenvalue weighted by Gasteiger charge is -2.11. The third kappa shape index (κ3) is 2.27. The van der Waals surface area contributed by atoms with E-state index in [1.807, 2.05) is 24.3 Å². The van der Waals surface area contributed by atoms with E-state index in [0.717, 1.165) is 24.0 Å². The van der Waals surface area contributed by atoms with Crippen LogP contribution in [0.3, 0.4) is 0 Å². The van der Waals surface area contributed by atoms with Crippen LogP contribution in [0.2, 0.25) is 0 Å². The minimum Gasteiger partial charge on any atom is -0.472 e. The van der Waals surface area contributed by atoms with E-state index in [-0.39, 0.29) is 18.8 Å². The lowest BCUT2D eigenvalue weighted by atomic mass is 10.2. The molecule has 2 N–H and O–H groups in total. The Balaban J connectivity index is 1.75. The molecule has 1 aliphatic heterocycles. The minimum atomic E-state index is 0.0533. The van der Waals surface area contributed by atoms with Crippen LogP contribution in [0.1, 0.15) is 6.42 Å². The molecule has 5 nitrogen and oxygen atoms in total. The van der Waals surface area contributed by atoms with Crippen LogP contribution in [0.5, 0.6) is 5.88 Å². The number of para-hydroxylation sites is 2. The number of hydrogen-bond acceptors (Lipinski definition) is 5. The normalized spacial score (nSPS) is 23.4. The van der Waals surface area contributed by atoms with E-state index >= 15 is 0 Å². The Morgan fingerprint density at radius 1 is 1.33 bits per heavy atom. The van der Waals surface area contributed by atoms with Crippen molar-refractivity contribution in [1.29, 1.82) is 0 Å². The van der Waals surface area contributed by atoms with Gasteiger partial charge in [-0.25, -0.2) is 9.97 Å². The SMILES string of the molecule is OCC1CC(Oc2cnc3ccccc3n2)CN1. The molecule has 1 aromatic heterocycles. The van der Waals surface area contributed by atoms with Gasteiger partial charge >= 0.3 is 0 Å². The van der Waals surface area contributed by atoms with E-state index in [4.69, 9.17) is 9.84 Å². The summed E-state index contributed by atoms with van der Waals surface area (Å²) in [6.45, 7) is 0.878. The van der Waals surface area contributed by atoms with Gasteiger partial charge in [0.15, 0.2) is 0 Å². The van der Waals surface area contributed by atoms with Crippen LogP contribution in [0.25, 0.3) is 11.0 Å². The monoisotopic (exact) mass is 245 g/mol. The van der Waals surface area contributed by atoms with Gasteiger partial charge < -0.3 is 15.2 Å². The summed E-state index contributed by atoms with van der Waals surface area (Å²) in [5, 5.41) is 12.2. The first-order valence-corrected chi connectivity index (χ1v) is 6.08. The number of ether oxygens (including phenoxy) is 1. The second kappa shape index (κ2) is 4.88. The zero-order valence-corrected chi connectivity index (χ0v) is 9.91. The maximum Gasteiger partial charge on any atom is 0.233 e. The molecule has 2 atom stereocenters. The van der Waals surface area contributed by atoms with Crippen molar-refractivity contribution in [3.8, 4) is 5.88 Å². The average molecular weight is 245 g/mol. The van der Waals surface area contributed by atoms with Crippen molar-refractivity contribution >= 4 is 11.0 Å². The van der Waals surface area contributed by atoms with Gasteiger partial charge in [-0.3, -0.25) is 0 Å². The summed E-state index contributed by atoms with van der Waals surface area (Å²) in [7, 11) is 0. The summed E-state index contributed by atoms with van der Waals surface area (Å²) in [6.07, 6.45) is 2.50. The molecule has 5 heteroatoms. The summed E-state index contributed by atoms with van der Waals surface area (Å²) >= 11 is 0. The summed E-state index contributed by atoms with van der Waals surface area (Å²) in [4.78, 5) is 8.72. The van der Waals surface area contributed by atoms with Crippen molar-refractivity contribution in [2.75, 3.05) is 13.2 Å². The molecular formula is C13H15N3O2. The highest BCUT2D eigenvalue weighted by molar-refractivity contribution is 5.73. The van der Waals surface area contributed by atoms with Crippen molar-refractivity contribution in [2.24, 2.45) is 0 Å². The molecule has 3 rings (SSSR count). The fraction of sp³-hybridized carbons (Fsp3) is 0.385. The van der Waals surface area contributed by atoms with Gasteiger partial charge in [0, 0.05) is 19.0 Å². The number of rotatable bonds is 3. The fourth-order valence-corrected chi connectivity index (χ4v) is 2.18. The molecule has 0 radical (unpaired) electrons. The topological polar surface area (TPSA) is 67.3 Å². The summed E-state index contributed by atoms with van der Waals surface area (Å²) < 4.78 is 5.77. The molecule has 0 spiro atoms. The Morgan fingerprint density at radius 3 is 2.94 bits per heavy atom. The number of benzene rings is 1. The van der Waals surface area contributed by atoms with Crippen LogP contribution in [0, 0.1) is 0 Å². The van der Waals surface area contributed by atoms with Gasteiger partial charge in [0.25, 0.3) is 0 Å². The molecule has 18 heavy (non-hydrogen) atoms. The second-order valence-corrected chi connectivity index (χ2v) is 4.46. The summed E-state index contributed by atoms with van der Waals surface area (Å²) in [5.74, 6) is 0.541. The predicted octanol–water partition coefficient (Wildman–Crippen LogP) is 0.731. The first kappa shape index (κ1) is 11.4. The first-order chi connectivity index (χ1) is 8.85. The van der Waals surface area contributed by atoms with Crippen LogP contribution >= 0.6 is 0 Å². The standard InChI is InChI=1S/C13H15N3O2/c17-8-9-5-10(6-14-9)18-13-7-15-11-3-1-2-4-12(11)16-13/h1-4,7,9-10,14,17H,5-6,8H2.